The molecular formula is C28H30ClFN2O3. The monoisotopic (exact) mass is 496 g/mol. The highest BCUT2D eigenvalue weighted by Gasteiger charge is 2.30. The molecule has 0 spiro atoms. The third-order valence-corrected chi connectivity index (χ3v) is 5.65. The summed E-state index contributed by atoms with van der Waals surface area (Å²) in [4.78, 5) is 28.3. The Balaban J connectivity index is 1.88. The second-order valence-electron chi connectivity index (χ2n) is 8.74. The molecule has 0 bridgehead atoms. The molecule has 5 nitrogen and oxygen atoms in total. The van der Waals surface area contributed by atoms with E-state index in [1.807, 2.05) is 56.3 Å². The van der Waals surface area contributed by atoms with Gasteiger partial charge in [-0.1, -0.05) is 67.9 Å². The first-order valence-electron chi connectivity index (χ1n) is 11.6. The highest BCUT2D eigenvalue weighted by atomic mass is 35.5. The van der Waals surface area contributed by atoms with Crippen LogP contribution < -0.4 is 10.1 Å². The highest BCUT2D eigenvalue weighted by Crippen LogP contribution is 2.18. The van der Waals surface area contributed by atoms with Gasteiger partial charge in [0, 0.05) is 24.5 Å². The van der Waals surface area contributed by atoms with Crippen molar-refractivity contribution in [3.8, 4) is 5.75 Å². The molecule has 1 unspecified atom stereocenters. The third-order valence-electron chi connectivity index (χ3n) is 5.40. The Hall–Kier alpha value is -3.38. The molecule has 0 aromatic heterocycles. The van der Waals surface area contributed by atoms with Crippen molar-refractivity contribution in [1.29, 1.82) is 0 Å². The molecule has 35 heavy (non-hydrogen) atoms. The molecule has 0 heterocycles. The minimum Gasteiger partial charge on any atom is -0.484 e. The third kappa shape index (κ3) is 8.41. The number of benzene rings is 3. The molecule has 3 aromatic rings. The Morgan fingerprint density at radius 2 is 1.60 bits per heavy atom. The molecule has 0 saturated carbocycles. The van der Waals surface area contributed by atoms with E-state index in [9.17, 15) is 14.0 Å². The Kier molecular flexibility index (Phi) is 9.67. The maximum atomic E-state index is 13.4. The van der Waals surface area contributed by atoms with Crippen LogP contribution in [0.5, 0.6) is 5.75 Å². The molecule has 0 saturated heterocycles. The first-order chi connectivity index (χ1) is 16.8. The average molecular weight is 497 g/mol. The number of hydrogen-bond donors (Lipinski definition) is 1. The number of rotatable bonds is 11. The maximum absolute atomic E-state index is 13.4. The number of halogens is 2. The summed E-state index contributed by atoms with van der Waals surface area (Å²) in [5.74, 6) is -0.344. The quantitative estimate of drug-likeness (QED) is 0.393. The van der Waals surface area contributed by atoms with Gasteiger partial charge in [0.25, 0.3) is 5.91 Å². The summed E-state index contributed by atoms with van der Waals surface area (Å²) < 4.78 is 18.9. The lowest BCUT2D eigenvalue weighted by atomic mass is 10.0. The van der Waals surface area contributed by atoms with Gasteiger partial charge in [-0.05, 0) is 53.4 Å². The van der Waals surface area contributed by atoms with Crippen LogP contribution in [0.4, 0.5) is 4.39 Å². The molecule has 184 valence electrons. The fraction of sp³-hybridized carbons (Fsp3) is 0.286. The number of ether oxygens (including phenoxy) is 1. The van der Waals surface area contributed by atoms with Crippen LogP contribution in [-0.4, -0.2) is 35.9 Å². The summed E-state index contributed by atoms with van der Waals surface area (Å²) in [6.07, 6.45) is 0.348. The van der Waals surface area contributed by atoms with E-state index < -0.39 is 11.9 Å². The van der Waals surface area contributed by atoms with Crippen molar-refractivity contribution >= 4 is 23.4 Å². The van der Waals surface area contributed by atoms with Crippen molar-refractivity contribution < 1.29 is 18.7 Å². The van der Waals surface area contributed by atoms with Gasteiger partial charge in [0.05, 0.1) is 0 Å². The molecule has 3 rings (SSSR count). The topological polar surface area (TPSA) is 58.6 Å². The first kappa shape index (κ1) is 26.2. The van der Waals surface area contributed by atoms with Crippen LogP contribution in [0, 0.1) is 11.7 Å². The van der Waals surface area contributed by atoms with Crippen LogP contribution in [0.3, 0.4) is 0 Å². The SMILES string of the molecule is CC(C)CNC(=O)C(Cc1ccccc1)N(Cc1ccc(Cl)cc1)C(=O)COc1ccc(F)cc1. The normalized spacial score (nSPS) is 11.7. The lowest BCUT2D eigenvalue weighted by Crippen LogP contribution is -2.52. The largest absolute Gasteiger partial charge is 0.484 e. The van der Waals surface area contributed by atoms with Crippen molar-refractivity contribution in [2.24, 2.45) is 5.92 Å². The van der Waals surface area contributed by atoms with Crippen LogP contribution in [0.2, 0.25) is 5.02 Å². The van der Waals surface area contributed by atoms with E-state index in [0.717, 1.165) is 11.1 Å². The molecular weight excluding hydrogens is 467 g/mol. The van der Waals surface area contributed by atoms with Crippen LogP contribution in [0.15, 0.2) is 78.9 Å². The summed E-state index contributed by atoms with van der Waals surface area (Å²) in [6.45, 7) is 4.44. The van der Waals surface area contributed by atoms with Crippen LogP contribution in [0.1, 0.15) is 25.0 Å². The number of amides is 2. The predicted octanol–water partition coefficient (Wildman–Crippen LogP) is 5.27. The number of carbonyl (C=O) groups is 2. The zero-order chi connectivity index (χ0) is 25.2. The van der Waals surface area contributed by atoms with E-state index >= 15 is 0 Å². The highest BCUT2D eigenvalue weighted by molar-refractivity contribution is 6.30. The zero-order valence-electron chi connectivity index (χ0n) is 19.9. The van der Waals surface area contributed by atoms with E-state index in [1.165, 1.54) is 29.2 Å². The smallest absolute Gasteiger partial charge is 0.261 e. The molecule has 0 radical (unpaired) electrons. The average Bonchev–Trinajstić information content (AvgIpc) is 2.86. The standard InChI is InChI=1S/C28H30ClFN2O3/c1-20(2)17-31-28(34)26(16-21-6-4-3-5-7-21)32(18-22-8-10-23(29)11-9-22)27(33)19-35-25-14-12-24(30)13-15-25/h3-15,20,26H,16-19H2,1-2H3,(H,31,34). The second-order valence-corrected chi connectivity index (χ2v) is 9.17. The van der Waals surface area contributed by atoms with Gasteiger partial charge >= 0.3 is 0 Å². The Morgan fingerprint density at radius 1 is 0.943 bits per heavy atom. The van der Waals surface area contributed by atoms with Crippen molar-refractivity contribution in [2.45, 2.75) is 32.9 Å². The summed E-state index contributed by atoms with van der Waals surface area (Å²) in [6, 6.07) is 21.4. The van der Waals surface area contributed by atoms with Gasteiger partial charge in [0.1, 0.15) is 17.6 Å². The summed E-state index contributed by atoms with van der Waals surface area (Å²) in [5.41, 5.74) is 1.77. The first-order valence-corrected chi connectivity index (χ1v) is 11.9. The second kappa shape index (κ2) is 12.9. The van der Waals surface area contributed by atoms with E-state index in [1.54, 1.807) is 12.1 Å². The van der Waals surface area contributed by atoms with Gasteiger partial charge in [-0.25, -0.2) is 4.39 Å². The molecule has 7 heteroatoms. The van der Waals surface area contributed by atoms with E-state index in [-0.39, 0.29) is 30.9 Å². The molecule has 0 fully saturated rings. The van der Waals surface area contributed by atoms with Crippen molar-refractivity contribution in [3.05, 3.63) is 101 Å². The number of nitrogens with one attached hydrogen (secondary N) is 1. The van der Waals surface area contributed by atoms with Crippen molar-refractivity contribution in [2.75, 3.05) is 13.2 Å². The summed E-state index contributed by atoms with van der Waals surface area (Å²) in [5, 5.41) is 3.56. The Morgan fingerprint density at radius 3 is 2.23 bits per heavy atom. The fourth-order valence-electron chi connectivity index (χ4n) is 3.52. The van der Waals surface area contributed by atoms with E-state index in [0.29, 0.717) is 23.7 Å². The molecule has 2 amide bonds. The number of hydrogen-bond acceptors (Lipinski definition) is 3. The molecule has 1 N–H and O–H groups in total. The van der Waals surface area contributed by atoms with Gasteiger partial charge in [-0.15, -0.1) is 0 Å². The summed E-state index contributed by atoms with van der Waals surface area (Å²) >= 11 is 6.04. The van der Waals surface area contributed by atoms with Crippen molar-refractivity contribution in [3.63, 3.8) is 0 Å². The molecule has 1 atom stereocenters. The zero-order valence-corrected chi connectivity index (χ0v) is 20.7. The molecule has 0 aliphatic rings. The molecule has 0 aliphatic carbocycles. The van der Waals surface area contributed by atoms with E-state index in [4.69, 9.17) is 16.3 Å². The van der Waals surface area contributed by atoms with Gasteiger partial charge in [0.15, 0.2) is 6.61 Å². The lowest BCUT2D eigenvalue weighted by Gasteiger charge is -2.31. The minimum absolute atomic E-state index is 0.204. The molecule has 3 aromatic carbocycles. The number of carbonyl (C=O) groups excluding carboxylic acids is 2. The van der Waals surface area contributed by atoms with Crippen molar-refractivity contribution in [1.82, 2.24) is 10.2 Å². The Labute approximate surface area is 210 Å². The summed E-state index contributed by atoms with van der Waals surface area (Å²) in [7, 11) is 0. The van der Waals surface area contributed by atoms with Gasteiger partial charge in [-0.2, -0.15) is 0 Å². The van der Waals surface area contributed by atoms with Crippen LogP contribution in [-0.2, 0) is 22.6 Å². The predicted molar refractivity (Wildman–Crippen MR) is 136 cm³/mol. The van der Waals surface area contributed by atoms with Gasteiger partial charge < -0.3 is 15.0 Å². The van der Waals surface area contributed by atoms with Crippen LogP contribution in [0.25, 0.3) is 0 Å². The van der Waals surface area contributed by atoms with Crippen LogP contribution >= 0.6 is 11.6 Å². The van der Waals surface area contributed by atoms with Gasteiger partial charge in [0.2, 0.25) is 5.91 Å². The Bertz CT molecular complexity index is 1090. The van der Waals surface area contributed by atoms with Gasteiger partial charge in [-0.3, -0.25) is 9.59 Å². The number of nitrogens with zero attached hydrogens (tertiary/aromatic N) is 1. The molecule has 0 aliphatic heterocycles. The fourth-order valence-corrected chi connectivity index (χ4v) is 3.65. The minimum atomic E-state index is -0.754. The maximum Gasteiger partial charge on any atom is 0.261 e. The van der Waals surface area contributed by atoms with E-state index in [2.05, 4.69) is 5.32 Å². The lowest BCUT2D eigenvalue weighted by molar-refractivity contribution is -0.142.